The van der Waals surface area contributed by atoms with Gasteiger partial charge in [-0.1, -0.05) is 31.9 Å². The number of aliphatic hydroxyl groups excluding tert-OH is 1. The number of fused-ring (bicyclic) bond motifs is 5. The fourth-order valence-corrected chi connectivity index (χ4v) is 7.94. The number of alkyl halides is 3. The van der Waals surface area contributed by atoms with Crippen LogP contribution in [0.1, 0.15) is 90.9 Å². The minimum Gasteiger partial charge on any atom is -0.393 e. The maximum absolute atomic E-state index is 12.5. The molecule has 0 aromatic carbocycles. The van der Waals surface area contributed by atoms with Crippen molar-refractivity contribution in [3.63, 3.8) is 0 Å². The second kappa shape index (κ2) is 7.32. The average Bonchev–Trinajstić information content (AvgIpc) is 2.95. The standard InChI is InChI=1S/C24H37F3O/c1-22-14-11-21-19(8-6-17-15-18(28)10-13-23(17,21)2)20(22)9-7-16(22)5-3-4-12-24(25,26)27/h6,16,18-21,28H,3-5,7-15H2,1-2H3/t16-,18-,19-,20?,21?,22+,23-/m0/s1. The van der Waals surface area contributed by atoms with Crippen LogP contribution in [0.2, 0.25) is 0 Å². The molecule has 4 aliphatic rings. The Morgan fingerprint density at radius 3 is 2.57 bits per heavy atom. The SMILES string of the molecule is C[C@]12CC[C@H](O)CC1=CC[C@@H]1C2CC[C@@]2(C)C1CC[C@@H]2CCCCC(F)(F)F. The van der Waals surface area contributed by atoms with Gasteiger partial charge in [0.15, 0.2) is 0 Å². The fraction of sp³-hybridized carbons (Fsp3) is 0.917. The zero-order valence-electron chi connectivity index (χ0n) is 17.5. The number of unbranched alkanes of at least 4 members (excludes halogenated alkanes) is 1. The fourth-order valence-electron chi connectivity index (χ4n) is 7.94. The molecule has 0 saturated heterocycles. The zero-order valence-corrected chi connectivity index (χ0v) is 17.5. The lowest BCUT2D eigenvalue weighted by atomic mass is 9.47. The van der Waals surface area contributed by atoms with Crippen LogP contribution in [0.4, 0.5) is 13.2 Å². The highest BCUT2D eigenvalue weighted by atomic mass is 19.4. The van der Waals surface area contributed by atoms with Crippen molar-refractivity contribution >= 4 is 0 Å². The lowest BCUT2D eigenvalue weighted by molar-refractivity contribution is -0.135. The van der Waals surface area contributed by atoms with Gasteiger partial charge in [-0.2, -0.15) is 13.2 Å². The van der Waals surface area contributed by atoms with Crippen molar-refractivity contribution in [1.82, 2.24) is 0 Å². The van der Waals surface area contributed by atoms with E-state index in [1.807, 2.05) is 0 Å². The van der Waals surface area contributed by atoms with Gasteiger partial charge in [0, 0.05) is 6.42 Å². The summed E-state index contributed by atoms with van der Waals surface area (Å²) in [6, 6.07) is 0. The highest BCUT2D eigenvalue weighted by Gasteiger charge is 2.58. The Balaban J connectivity index is 1.43. The van der Waals surface area contributed by atoms with Crippen molar-refractivity contribution in [3.8, 4) is 0 Å². The summed E-state index contributed by atoms with van der Waals surface area (Å²) in [6.07, 6.45) is 8.73. The molecule has 0 spiro atoms. The van der Waals surface area contributed by atoms with Crippen LogP contribution in [0, 0.1) is 34.5 Å². The monoisotopic (exact) mass is 398 g/mol. The summed E-state index contributed by atoms with van der Waals surface area (Å²) in [5.41, 5.74) is 2.11. The molecule has 3 saturated carbocycles. The third-order valence-corrected chi connectivity index (χ3v) is 9.54. The topological polar surface area (TPSA) is 20.2 Å². The molecular weight excluding hydrogens is 361 g/mol. The summed E-state index contributed by atoms with van der Waals surface area (Å²) in [6.45, 7) is 4.91. The normalized spacial score (nSPS) is 45.8. The summed E-state index contributed by atoms with van der Waals surface area (Å²) >= 11 is 0. The van der Waals surface area contributed by atoms with Crippen LogP contribution in [-0.2, 0) is 0 Å². The minimum absolute atomic E-state index is 0.155. The lowest BCUT2D eigenvalue weighted by Gasteiger charge is -2.58. The molecule has 2 unspecified atom stereocenters. The molecule has 4 rings (SSSR count). The Morgan fingerprint density at radius 2 is 1.82 bits per heavy atom. The van der Waals surface area contributed by atoms with Crippen molar-refractivity contribution in [2.24, 2.45) is 34.5 Å². The predicted molar refractivity (Wildman–Crippen MR) is 106 cm³/mol. The van der Waals surface area contributed by atoms with Gasteiger partial charge in [-0.15, -0.1) is 0 Å². The van der Waals surface area contributed by atoms with Crippen LogP contribution in [0.25, 0.3) is 0 Å². The largest absolute Gasteiger partial charge is 0.393 e. The van der Waals surface area contributed by atoms with Gasteiger partial charge in [-0.25, -0.2) is 0 Å². The average molecular weight is 399 g/mol. The molecule has 4 heteroatoms. The van der Waals surface area contributed by atoms with Crippen molar-refractivity contribution < 1.29 is 18.3 Å². The second-order valence-corrected chi connectivity index (χ2v) is 10.8. The molecule has 1 N–H and O–H groups in total. The van der Waals surface area contributed by atoms with Gasteiger partial charge < -0.3 is 5.11 Å². The van der Waals surface area contributed by atoms with Gasteiger partial charge in [-0.3, -0.25) is 0 Å². The Kier molecular flexibility index (Phi) is 5.42. The first kappa shape index (κ1) is 20.8. The number of aliphatic hydroxyl groups is 1. The molecule has 28 heavy (non-hydrogen) atoms. The van der Waals surface area contributed by atoms with E-state index in [9.17, 15) is 18.3 Å². The van der Waals surface area contributed by atoms with Gasteiger partial charge in [-0.05, 0) is 98.7 Å². The first-order valence-electron chi connectivity index (χ1n) is 11.6. The number of rotatable bonds is 4. The van der Waals surface area contributed by atoms with Gasteiger partial charge >= 0.3 is 6.18 Å². The van der Waals surface area contributed by atoms with Crippen LogP contribution >= 0.6 is 0 Å². The van der Waals surface area contributed by atoms with Gasteiger partial charge in [0.1, 0.15) is 0 Å². The van der Waals surface area contributed by atoms with Gasteiger partial charge in [0.2, 0.25) is 0 Å². The number of hydrogen-bond acceptors (Lipinski definition) is 1. The minimum atomic E-state index is -4.00. The molecule has 7 atom stereocenters. The maximum Gasteiger partial charge on any atom is 0.389 e. The molecule has 0 aliphatic heterocycles. The van der Waals surface area contributed by atoms with Crippen LogP contribution in [-0.4, -0.2) is 17.4 Å². The molecule has 0 amide bonds. The van der Waals surface area contributed by atoms with Crippen molar-refractivity contribution in [2.75, 3.05) is 0 Å². The van der Waals surface area contributed by atoms with Crippen molar-refractivity contribution in [3.05, 3.63) is 11.6 Å². The van der Waals surface area contributed by atoms with E-state index in [2.05, 4.69) is 19.9 Å². The zero-order chi connectivity index (χ0) is 20.2. The maximum atomic E-state index is 12.5. The molecule has 3 fully saturated rings. The molecule has 4 aliphatic carbocycles. The van der Waals surface area contributed by atoms with E-state index in [-0.39, 0.29) is 11.5 Å². The molecular formula is C24H37F3O. The van der Waals surface area contributed by atoms with Crippen LogP contribution < -0.4 is 0 Å². The summed E-state index contributed by atoms with van der Waals surface area (Å²) in [5.74, 6) is 2.82. The van der Waals surface area contributed by atoms with E-state index in [1.54, 1.807) is 0 Å². The number of allylic oxidation sites excluding steroid dienone is 1. The highest BCUT2D eigenvalue weighted by Crippen LogP contribution is 2.66. The Bertz CT molecular complexity index is 611. The van der Waals surface area contributed by atoms with E-state index in [4.69, 9.17) is 0 Å². The van der Waals surface area contributed by atoms with E-state index >= 15 is 0 Å². The second-order valence-electron chi connectivity index (χ2n) is 10.8. The van der Waals surface area contributed by atoms with Crippen LogP contribution in [0.5, 0.6) is 0 Å². The predicted octanol–water partition coefficient (Wildman–Crippen LogP) is 7.05. The smallest absolute Gasteiger partial charge is 0.389 e. The molecule has 0 aromatic rings. The molecule has 0 aromatic heterocycles. The summed E-state index contributed by atoms with van der Waals surface area (Å²) in [4.78, 5) is 0. The Labute approximate surface area is 168 Å². The highest BCUT2D eigenvalue weighted by molar-refractivity contribution is 5.25. The van der Waals surface area contributed by atoms with E-state index < -0.39 is 12.6 Å². The van der Waals surface area contributed by atoms with Crippen molar-refractivity contribution in [2.45, 2.75) is 103 Å². The number of halogens is 3. The molecule has 0 radical (unpaired) electrons. The quantitative estimate of drug-likeness (QED) is 0.397. The molecule has 160 valence electrons. The first-order valence-corrected chi connectivity index (χ1v) is 11.6. The Hall–Kier alpha value is -0.510. The van der Waals surface area contributed by atoms with Crippen molar-refractivity contribution in [1.29, 1.82) is 0 Å². The Morgan fingerprint density at radius 1 is 1.04 bits per heavy atom. The molecule has 0 bridgehead atoms. The summed E-state index contributed by atoms with van der Waals surface area (Å²) in [7, 11) is 0. The summed E-state index contributed by atoms with van der Waals surface area (Å²) < 4.78 is 37.4. The van der Waals surface area contributed by atoms with E-state index in [0.717, 1.165) is 56.3 Å². The summed E-state index contributed by atoms with van der Waals surface area (Å²) in [5, 5.41) is 10.1. The van der Waals surface area contributed by atoms with Gasteiger partial charge in [0.25, 0.3) is 0 Å². The third kappa shape index (κ3) is 3.56. The van der Waals surface area contributed by atoms with Gasteiger partial charge in [0.05, 0.1) is 6.10 Å². The molecule has 1 nitrogen and oxygen atoms in total. The van der Waals surface area contributed by atoms with Crippen LogP contribution in [0.15, 0.2) is 11.6 Å². The lowest BCUT2D eigenvalue weighted by Crippen LogP contribution is -2.50. The van der Waals surface area contributed by atoms with E-state index in [1.165, 1.54) is 31.3 Å². The number of hydrogen-bond donors (Lipinski definition) is 1. The first-order chi connectivity index (χ1) is 13.1. The third-order valence-electron chi connectivity index (χ3n) is 9.54. The molecule has 0 heterocycles. The van der Waals surface area contributed by atoms with Crippen LogP contribution in [0.3, 0.4) is 0 Å². The van der Waals surface area contributed by atoms with E-state index in [0.29, 0.717) is 17.8 Å².